The van der Waals surface area contributed by atoms with Gasteiger partial charge in [0.25, 0.3) is 5.91 Å². The third-order valence-electron chi connectivity index (χ3n) is 8.05. The first-order valence-electron chi connectivity index (χ1n) is 15.5. The lowest BCUT2D eigenvalue weighted by Gasteiger charge is -2.47. The number of carbonyl (C=O) groups is 1. The van der Waals surface area contributed by atoms with E-state index in [2.05, 4.69) is 16.0 Å². The minimum Gasteiger partial charge on any atom is -0.390 e. The molecule has 1 amide bonds. The van der Waals surface area contributed by atoms with Gasteiger partial charge in [-0.05, 0) is 88.4 Å². The summed E-state index contributed by atoms with van der Waals surface area (Å²) in [5.41, 5.74) is 1.04. The van der Waals surface area contributed by atoms with Gasteiger partial charge in [0.2, 0.25) is 0 Å². The van der Waals surface area contributed by atoms with Gasteiger partial charge in [0.1, 0.15) is 0 Å². The maximum absolute atomic E-state index is 13.8. The number of amides is 1. The number of benzene rings is 3. The number of hydrogen-bond acceptors (Lipinski definition) is 7. The lowest BCUT2D eigenvalue weighted by molar-refractivity contribution is -0.137. The van der Waals surface area contributed by atoms with E-state index in [1.165, 1.54) is 6.07 Å². The first-order valence-corrected chi connectivity index (χ1v) is 17.1. The summed E-state index contributed by atoms with van der Waals surface area (Å²) in [5.74, 6) is -0.204. The third kappa shape index (κ3) is 9.38. The van der Waals surface area contributed by atoms with E-state index in [0.29, 0.717) is 36.3 Å². The molecule has 46 heavy (non-hydrogen) atoms. The minimum absolute atomic E-state index is 0.0180. The number of nitrogens with one attached hydrogen (secondary N) is 3. The normalized spacial score (nSPS) is 17.3. The highest BCUT2D eigenvalue weighted by Gasteiger charge is 2.33. The van der Waals surface area contributed by atoms with Crippen LogP contribution in [0.4, 0.5) is 24.5 Å². The summed E-state index contributed by atoms with van der Waals surface area (Å²) in [4.78, 5) is 13.8. The highest BCUT2D eigenvalue weighted by molar-refractivity contribution is 8.25. The molecule has 4 rings (SSSR count). The molecule has 1 aliphatic rings. The Bertz CT molecular complexity index is 1470. The molecular weight excluding hydrogens is 617 g/mol. The van der Waals surface area contributed by atoms with Crippen LogP contribution < -0.4 is 20.3 Å². The van der Waals surface area contributed by atoms with E-state index in [0.717, 1.165) is 24.1 Å². The van der Waals surface area contributed by atoms with Gasteiger partial charge in [-0.25, -0.2) is 0 Å². The topological polar surface area (TPSA) is 117 Å². The summed E-state index contributed by atoms with van der Waals surface area (Å²) >= 11 is 0. The predicted molar refractivity (Wildman–Crippen MR) is 179 cm³/mol. The van der Waals surface area contributed by atoms with Crippen LogP contribution in [0.25, 0.3) is 0 Å². The molecule has 1 heterocycles. The molecular formula is C34H45F3N4O4S. The van der Waals surface area contributed by atoms with Crippen LogP contribution in [0.5, 0.6) is 0 Å². The zero-order valence-electron chi connectivity index (χ0n) is 26.6. The van der Waals surface area contributed by atoms with E-state index in [1.807, 2.05) is 44.2 Å². The van der Waals surface area contributed by atoms with Crippen molar-refractivity contribution in [3.63, 3.8) is 0 Å². The molecule has 6 N–H and O–H groups in total. The molecule has 0 aliphatic carbocycles. The number of carbonyl (C=O) groups excluding carboxylic acids is 1. The third-order valence-corrected chi connectivity index (χ3v) is 9.99. The Hall–Kier alpha value is -3.29. The predicted octanol–water partition coefficient (Wildman–Crippen LogP) is 7.02. The Kier molecular flexibility index (Phi) is 11.3. The van der Waals surface area contributed by atoms with Gasteiger partial charge in [-0.3, -0.25) is 18.2 Å². The van der Waals surface area contributed by atoms with E-state index >= 15 is 0 Å². The maximum atomic E-state index is 13.8. The Labute approximate surface area is 270 Å². The summed E-state index contributed by atoms with van der Waals surface area (Å²) in [6, 6.07) is 18.8. The van der Waals surface area contributed by atoms with Crippen molar-refractivity contribution in [2.75, 3.05) is 28.5 Å². The van der Waals surface area contributed by atoms with E-state index in [-0.39, 0.29) is 23.9 Å². The summed E-state index contributed by atoms with van der Waals surface area (Å²) in [6.45, 7) is 7.81. The SMILES string of the molecule is CC(C)Nc1cc(C(=O)N[C@@H](Cc2ccccc2)[C@@H](O)CNC(C)(C)c2cccc(C(F)(F)F)c2)cc(N2CCCCS2(O)O)c1. The first kappa shape index (κ1) is 35.6. The second kappa shape index (κ2) is 14.6. The molecule has 8 nitrogen and oxygen atoms in total. The highest BCUT2D eigenvalue weighted by Crippen LogP contribution is 2.50. The highest BCUT2D eigenvalue weighted by atomic mass is 32.3. The molecule has 0 saturated carbocycles. The van der Waals surface area contributed by atoms with Crippen molar-refractivity contribution in [1.82, 2.24) is 10.6 Å². The first-order chi connectivity index (χ1) is 21.5. The van der Waals surface area contributed by atoms with Gasteiger partial charge in [0.05, 0.1) is 29.1 Å². The summed E-state index contributed by atoms with van der Waals surface area (Å²) < 4.78 is 63.2. The minimum atomic E-state index is -4.48. The van der Waals surface area contributed by atoms with E-state index in [1.54, 1.807) is 42.4 Å². The Balaban J connectivity index is 1.58. The fourth-order valence-electron chi connectivity index (χ4n) is 5.50. The van der Waals surface area contributed by atoms with Gasteiger partial charge in [-0.15, -0.1) is 10.8 Å². The zero-order valence-corrected chi connectivity index (χ0v) is 27.5. The molecule has 0 unspecified atom stereocenters. The molecule has 1 saturated heterocycles. The number of hydrogen-bond donors (Lipinski definition) is 6. The van der Waals surface area contributed by atoms with Crippen molar-refractivity contribution in [2.24, 2.45) is 0 Å². The monoisotopic (exact) mass is 662 g/mol. The van der Waals surface area contributed by atoms with Gasteiger partial charge in [0.15, 0.2) is 0 Å². The van der Waals surface area contributed by atoms with Crippen molar-refractivity contribution in [1.29, 1.82) is 0 Å². The second-order valence-corrected chi connectivity index (χ2v) is 14.7. The Morgan fingerprint density at radius 3 is 2.30 bits per heavy atom. The quantitative estimate of drug-likeness (QED) is 0.124. The van der Waals surface area contributed by atoms with Crippen LogP contribution in [0.3, 0.4) is 0 Å². The van der Waals surface area contributed by atoms with Gasteiger partial charge in [-0.1, -0.05) is 42.5 Å². The molecule has 1 fully saturated rings. The number of nitrogens with zero attached hydrogens (tertiary/aromatic N) is 1. The molecule has 0 spiro atoms. The molecule has 0 bridgehead atoms. The number of anilines is 2. The summed E-state index contributed by atoms with van der Waals surface area (Å²) in [5, 5.41) is 20.9. The van der Waals surface area contributed by atoms with Gasteiger partial charge in [0, 0.05) is 35.9 Å². The summed E-state index contributed by atoms with van der Waals surface area (Å²) in [7, 11) is -3.03. The van der Waals surface area contributed by atoms with Gasteiger partial charge >= 0.3 is 6.18 Å². The van der Waals surface area contributed by atoms with Crippen LogP contribution in [-0.2, 0) is 18.1 Å². The fourth-order valence-corrected chi connectivity index (χ4v) is 7.18. The van der Waals surface area contributed by atoms with Crippen LogP contribution in [0.1, 0.15) is 67.6 Å². The zero-order chi connectivity index (χ0) is 33.7. The largest absolute Gasteiger partial charge is 0.416 e. The molecule has 3 aromatic rings. The lowest BCUT2D eigenvalue weighted by Crippen LogP contribution is -2.51. The van der Waals surface area contributed by atoms with E-state index in [4.69, 9.17) is 0 Å². The number of aliphatic hydroxyl groups is 1. The number of alkyl halides is 3. The smallest absolute Gasteiger partial charge is 0.390 e. The molecule has 1 aliphatic heterocycles. The van der Waals surface area contributed by atoms with Crippen molar-refractivity contribution in [3.05, 3.63) is 95.1 Å². The fraction of sp³-hybridized carbons (Fsp3) is 0.441. The number of aliphatic hydroxyl groups excluding tert-OH is 1. The van der Waals surface area contributed by atoms with Crippen molar-refractivity contribution in [3.8, 4) is 0 Å². The van der Waals surface area contributed by atoms with Gasteiger partial charge < -0.3 is 21.1 Å². The molecule has 252 valence electrons. The molecule has 0 aromatic heterocycles. The standard InChI is InChI=1S/C34H45F3N4O4S/c1-23(2)39-28-18-25(19-29(21-28)41-15-8-9-16-46(41,44)45)32(43)40-30(17-24-11-6-5-7-12-24)31(42)22-38-33(3,4)26-13-10-14-27(20-26)34(35,36)37/h5-7,10-14,18-21,23,30-31,38-39,42,44-45H,8-9,15-17,22H2,1-4H3,(H,40,43)/t30-,31-/m0/s1. The lowest BCUT2D eigenvalue weighted by atomic mass is 9.92. The molecule has 12 heteroatoms. The average Bonchev–Trinajstić information content (AvgIpc) is 2.99. The average molecular weight is 663 g/mol. The Morgan fingerprint density at radius 2 is 1.65 bits per heavy atom. The van der Waals surface area contributed by atoms with E-state index < -0.39 is 46.1 Å². The van der Waals surface area contributed by atoms with E-state index in [9.17, 15) is 32.2 Å². The molecule has 3 aromatic carbocycles. The van der Waals surface area contributed by atoms with Crippen LogP contribution in [0.2, 0.25) is 0 Å². The summed E-state index contributed by atoms with van der Waals surface area (Å²) in [6.07, 6.45) is -3.81. The van der Waals surface area contributed by atoms with Crippen LogP contribution in [0.15, 0.2) is 72.8 Å². The van der Waals surface area contributed by atoms with Crippen LogP contribution in [0, 0.1) is 0 Å². The molecule has 0 radical (unpaired) electrons. The Morgan fingerprint density at radius 1 is 0.957 bits per heavy atom. The van der Waals surface area contributed by atoms with Crippen molar-refractivity contribution in [2.45, 2.75) is 76.9 Å². The van der Waals surface area contributed by atoms with Gasteiger partial charge in [-0.2, -0.15) is 13.2 Å². The maximum Gasteiger partial charge on any atom is 0.416 e. The van der Waals surface area contributed by atoms with Crippen LogP contribution >= 0.6 is 10.8 Å². The van der Waals surface area contributed by atoms with Crippen molar-refractivity contribution >= 4 is 28.1 Å². The number of rotatable bonds is 12. The second-order valence-electron chi connectivity index (χ2n) is 12.6. The number of halogens is 3. The molecule has 2 atom stereocenters. The van der Waals surface area contributed by atoms with Crippen LogP contribution in [-0.4, -0.2) is 57.1 Å². The van der Waals surface area contributed by atoms with Crippen molar-refractivity contribution < 1.29 is 32.2 Å².